The van der Waals surface area contributed by atoms with E-state index in [-0.39, 0.29) is 23.9 Å². The zero-order valence-electron chi connectivity index (χ0n) is 12.3. The van der Waals surface area contributed by atoms with Crippen LogP contribution in [0.5, 0.6) is 0 Å². The van der Waals surface area contributed by atoms with E-state index in [2.05, 4.69) is 15.5 Å². The van der Waals surface area contributed by atoms with Crippen molar-refractivity contribution < 1.29 is 18.8 Å². The molecule has 0 fully saturated rings. The third kappa shape index (κ3) is 3.18. The fraction of sp³-hybridized carbons (Fsp3) is 0.125. The summed E-state index contributed by atoms with van der Waals surface area (Å²) in [4.78, 5) is 27.8. The third-order valence-corrected chi connectivity index (χ3v) is 3.09. The maximum absolute atomic E-state index is 12.2. The highest BCUT2D eigenvalue weighted by atomic mass is 16.6. The Kier molecular flexibility index (Phi) is 4.01. The molecule has 0 atom stereocenters. The van der Waals surface area contributed by atoms with Crippen molar-refractivity contribution in [2.75, 3.05) is 11.9 Å². The van der Waals surface area contributed by atoms with Crippen LogP contribution in [0.3, 0.4) is 0 Å². The fourth-order valence-electron chi connectivity index (χ4n) is 2.02. The van der Waals surface area contributed by atoms with Crippen LogP contribution in [0.4, 0.5) is 5.82 Å². The van der Waals surface area contributed by atoms with Crippen molar-refractivity contribution in [3.63, 3.8) is 0 Å². The predicted molar refractivity (Wildman–Crippen MR) is 82.2 cm³/mol. The minimum Gasteiger partial charge on any atom is -0.460 e. The molecule has 2 aromatic heterocycles. The van der Waals surface area contributed by atoms with Crippen LogP contribution < -0.4 is 5.32 Å². The van der Waals surface area contributed by atoms with E-state index in [1.165, 1.54) is 6.07 Å². The summed E-state index contributed by atoms with van der Waals surface area (Å²) in [5, 5.41) is 7.98. The molecular formula is C16H13N3O4. The number of pyridine rings is 1. The van der Waals surface area contributed by atoms with Gasteiger partial charge in [0.1, 0.15) is 5.69 Å². The number of nitrogens with zero attached hydrogens (tertiary/aromatic N) is 2. The van der Waals surface area contributed by atoms with Gasteiger partial charge in [0.2, 0.25) is 5.76 Å². The number of carbonyl (C=O) groups is 2. The van der Waals surface area contributed by atoms with Crippen LogP contribution in [-0.2, 0) is 4.74 Å². The van der Waals surface area contributed by atoms with E-state index < -0.39 is 11.9 Å². The lowest BCUT2D eigenvalue weighted by Crippen LogP contribution is -2.13. The molecule has 2 heterocycles. The van der Waals surface area contributed by atoms with Crippen LogP contribution in [0.2, 0.25) is 0 Å². The van der Waals surface area contributed by atoms with Gasteiger partial charge < -0.3 is 14.6 Å². The summed E-state index contributed by atoms with van der Waals surface area (Å²) in [5.74, 6) is -1.04. The van der Waals surface area contributed by atoms with Gasteiger partial charge in [-0.15, -0.1) is 0 Å². The molecule has 0 spiro atoms. The minimum absolute atomic E-state index is 0.0754. The molecule has 0 aliphatic heterocycles. The van der Waals surface area contributed by atoms with Gasteiger partial charge in [-0.3, -0.25) is 9.78 Å². The Bertz CT molecular complexity index is 872. The van der Waals surface area contributed by atoms with Gasteiger partial charge in [-0.25, -0.2) is 4.79 Å². The second-order valence-corrected chi connectivity index (χ2v) is 4.67. The highest BCUT2D eigenvalue weighted by Gasteiger charge is 2.16. The molecule has 0 saturated heterocycles. The van der Waals surface area contributed by atoms with Crippen LogP contribution >= 0.6 is 0 Å². The average molecular weight is 311 g/mol. The van der Waals surface area contributed by atoms with Crippen LogP contribution in [0.25, 0.3) is 10.8 Å². The molecule has 1 amide bonds. The molecule has 3 rings (SSSR count). The first kappa shape index (κ1) is 14.7. The largest absolute Gasteiger partial charge is 0.460 e. The Labute approximate surface area is 131 Å². The third-order valence-electron chi connectivity index (χ3n) is 3.09. The quantitative estimate of drug-likeness (QED) is 0.744. The molecule has 116 valence electrons. The van der Waals surface area contributed by atoms with Gasteiger partial charge in [-0.1, -0.05) is 29.4 Å². The van der Waals surface area contributed by atoms with E-state index in [4.69, 9.17) is 9.26 Å². The van der Waals surface area contributed by atoms with Crippen molar-refractivity contribution in [3.8, 4) is 0 Å². The smallest absolute Gasteiger partial charge is 0.377 e. The summed E-state index contributed by atoms with van der Waals surface area (Å²) in [6.07, 6.45) is 1.62. The van der Waals surface area contributed by atoms with Gasteiger partial charge in [0.15, 0.2) is 5.82 Å². The summed E-state index contributed by atoms with van der Waals surface area (Å²) in [6.45, 7) is 1.91. The molecule has 0 aliphatic rings. The molecule has 3 aromatic rings. The van der Waals surface area contributed by atoms with E-state index in [0.717, 1.165) is 10.8 Å². The van der Waals surface area contributed by atoms with Gasteiger partial charge in [-0.2, -0.15) is 0 Å². The van der Waals surface area contributed by atoms with E-state index in [0.29, 0.717) is 0 Å². The lowest BCUT2D eigenvalue weighted by molar-refractivity contribution is 0.0479. The first-order valence-corrected chi connectivity index (χ1v) is 6.97. The van der Waals surface area contributed by atoms with Gasteiger partial charge >= 0.3 is 5.97 Å². The number of rotatable bonds is 4. The summed E-state index contributed by atoms with van der Waals surface area (Å²) in [6, 6.07) is 10.6. The second-order valence-electron chi connectivity index (χ2n) is 4.67. The number of esters is 1. The minimum atomic E-state index is -0.635. The summed E-state index contributed by atoms with van der Waals surface area (Å²) >= 11 is 0. The molecule has 7 heteroatoms. The number of benzene rings is 1. The highest BCUT2D eigenvalue weighted by molar-refractivity contribution is 6.04. The molecule has 0 radical (unpaired) electrons. The Balaban J connectivity index is 1.76. The molecular weight excluding hydrogens is 298 g/mol. The molecule has 1 aromatic carbocycles. The topological polar surface area (TPSA) is 94.3 Å². The Morgan fingerprint density at radius 1 is 1.22 bits per heavy atom. The maximum atomic E-state index is 12.2. The monoisotopic (exact) mass is 311 g/mol. The SMILES string of the molecule is CCOC(=O)c1cc(NC(=O)c2cc3ccccc3cn2)no1. The van der Waals surface area contributed by atoms with Crippen molar-refractivity contribution in [1.82, 2.24) is 10.1 Å². The summed E-state index contributed by atoms with van der Waals surface area (Å²) in [7, 11) is 0. The normalized spacial score (nSPS) is 10.5. The number of ether oxygens (including phenoxy) is 1. The number of aromatic nitrogens is 2. The number of fused-ring (bicyclic) bond motifs is 1. The van der Waals surface area contributed by atoms with E-state index in [1.54, 1.807) is 19.2 Å². The van der Waals surface area contributed by atoms with Gasteiger partial charge in [-0.05, 0) is 18.4 Å². The summed E-state index contributed by atoms with van der Waals surface area (Å²) < 4.78 is 9.61. The number of carbonyl (C=O) groups excluding carboxylic acids is 2. The van der Waals surface area contributed by atoms with Crippen LogP contribution in [0.15, 0.2) is 47.1 Å². The number of hydrogen-bond donors (Lipinski definition) is 1. The first-order chi connectivity index (χ1) is 11.2. The summed E-state index contributed by atoms with van der Waals surface area (Å²) in [5.41, 5.74) is 0.240. The molecule has 0 aliphatic carbocycles. The number of hydrogen-bond acceptors (Lipinski definition) is 6. The predicted octanol–water partition coefficient (Wildman–Crippen LogP) is 2.65. The maximum Gasteiger partial charge on any atom is 0.377 e. The van der Waals surface area contributed by atoms with Crippen molar-refractivity contribution in [2.24, 2.45) is 0 Å². The lowest BCUT2D eigenvalue weighted by atomic mass is 10.1. The van der Waals surface area contributed by atoms with Crippen molar-refractivity contribution in [2.45, 2.75) is 6.92 Å². The second kappa shape index (κ2) is 6.27. The van der Waals surface area contributed by atoms with Gasteiger partial charge in [0, 0.05) is 17.6 Å². The number of amides is 1. The Hall–Kier alpha value is -3.22. The van der Waals surface area contributed by atoms with E-state index in [1.807, 2.05) is 24.3 Å². The Morgan fingerprint density at radius 3 is 2.78 bits per heavy atom. The standard InChI is InChI=1S/C16H13N3O4/c1-2-22-16(21)13-8-14(19-23-13)18-15(20)12-7-10-5-3-4-6-11(10)9-17-12/h3-9H,2H2,1H3,(H,18,19,20). The highest BCUT2D eigenvalue weighted by Crippen LogP contribution is 2.15. The van der Waals surface area contributed by atoms with Crippen LogP contribution in [-0.4, -0.2) is 28.6 Å². The molecule has 0 saturated carbocycles. The zero-order valence-corrected chi connectivity index (χ0v) is 12.3. The molecule has 23 heavy (non-hydrogen) atoms. The van der Waals surface area contributed by atoms with E-state index >= 15 is 0 Å². The molecule has 1 N–H and O–H groups in total. The van der Waals surface area contributed by atoms with Gasteiger partial charge in [0.05, 0.1) is 6.61 Å². The average Bonchev–Trinajstić information content (AvgIpc) is 3.03. The lowest BCUT2D eigenvalue weighted by Gasteiger charge is -2.02. The van der Waals surface area contributed by atoms with Crippen LogP contribution in [0, 0.1) is 0 Å². The zero-order chi connectivity index (χ0) is 16.2. The van der Waals surface area contributed by atoms with Gasteiger partial charge in [0.25, 0.3) is 5.91 Å². The first-order valence-electron chi connectivity index (χ1n) is 6.97. The molecule has 0 unspecified atom stereocenters. The van der Waals surface area contributed by atoms with Crippen molar-refractivity contribution in [3.05, 3.63) is 54.0 Å². The fourth-order valence-corrected chi connectivity index (χ4v) is 2.02. The van der Waals surface area contributed by atoms with Crippen LogP contribution in [0.1, 0.15) is 28.0 Å². The van der Waals surface area contributed by atoms with E-state index in [9.17, 15) is 9.59 Å². The van der Waals surface area contributed by atoms with Crippen molar-refractivity contribution >= 4 is 28.5 Å². The van der Waals surface area contributed by atoms with Crippen molar-refractivity contribution in [1.29, 1.82) is 0 Å². The molecule has 0 bridgehead atoms. The number of nitrogens with one attached hydrogen (secondary N) is 1. The molecule has 7 nitrogen and oxygen atoms in total. The Morgan fingerprint density at radius 2 is 2.00 bits per heavy atom. The number of anilines is 1.